The molecule has 0 amide bonds. The summed E-state index contributed by atoms with van der Waals surface area (Å²) in [5.41, 5.74) is 0.912. The van der Waals surface area contributed by atoms with Crippen molar-refractivity contribution in [2.45, 2.75) is 18.4 Å². The van der Waals surface area contributed by atoms with E-state index in [4.69, 9.17) is 4.52 Å². The van der Waals surface area contributed by atoms with E-state index in [1.165, 1.54) is 12.3 Å². The lowest BCUT2D eigenvalue weighted by molar-refractivity contribution is 0.394. The van der Waals surface area contributed by atoms with Gasteiger partial charge in [-0.05, 0) is 30.3 Å². The molecule has 1 heterocycles. The molecule has 1 unspecified atom stereocenters. The molecule has 1 atom stereocenters. The number of aryl methyl sites for hydroxylation is 1. The monoisotopic (exact) mass is 363 g/mol. The highest BCUT2D eigenvalue weighted by Gasteiger charge is 2.10. The third-order valence-corrected chi connectivity index (χ3v) is 5.34. The maximum absolute atomic E-state index is 13.7. The maximum atomic E-state index is 13.7. The van der Waals surface area contributed by atoms with Crippen LogP contribution < -0.4 is 0 Å². The molecule has 1 aromatic heterocycles. The molecule has 0 spiro atoms. The number of rotatable bonds is 4. The molecule has 25 heavy (non-hydrogen) atoms. The lowest BCUT2D eigenvalue weighted by Gasteiger charge is -2.06. The summed E-state index contributed by atoms with van der Waals surface area (Å²) in [4.78, 5) is 4.62. The predicted molar refractivity (Wildman–Crippen MR) is 89.3 cm³/mol. The van der Waals surface area contributed by atoms with Gasteiger partial charge in [0.05, 0.1) is 16.3 Å². The zero-order valence-electron chi connectivity index (χ0n) is 13.6. The standard InChI is InChI=1S/C17H15F2N3O2S/c1-11-21-17(22-24-11)12-4-7-15(8-5-12)25(2,23)20-10-13-3-6-14(18)9-16(13)19/h3-9H,10H2,1-2H3. The summed E-state index contributed by atoms with van der Waals surface area (Å²) < 4.78 is 48.4. The Kier molecular flexibility index (Phi) is 4.63. The summed E-state index contributed by atoms with van der Waals surface area (Å²) >= 11 is 0. The molecule has 130 valence electrons. The fourth-order valence-electron chi connectivity index (χ4n) is 2.19. The van der Waals surface area contributed by atoms with Crippen molar-refractivity contribution in [1.82, 2.24) is 10.1 Å². The molecule has 8 heteroatoms. The zero-order chi connectivity index (χ0) is 18.0. The number of hydrogen-bond donors (Lipinski definition) is 0. The summed E-state index contributed by atoms with van der Waals surface area (Å²) in [6.07, 6.45) is 1.47. The van der Waals surface area contributed by atoms with E-state index in [9.17, 15) is 13.0 Å². The van der Waals surface area contributed by atoms with Crippen LogP contribution in [0.4, 0.5) is 8.78 Å². The van der Waals surface area contributed by atoms with Crippen molar-refractivity contribution in [3.63, 3.8) is 0 Å². The first kappa shape index (κ1) is 17.2. The highest BCUT2D eigenvalue weighted by atomic mass is 32.2. The summed E-state index contributed by atoms with van der Waals surface area (Å²) in [5, 5.41) is 3.82. The highest BCUT2D eigenvalue weighted by Crippen LogP contribution is 2.20. The summed E-state index contributed by atoms with van der Waals surface area (Å²) in [7, 11) is -2.73. The molecule has 0 bridgehead atoms. The second kappa shape index (κ2) is 6.72. The lowest BCUT2D eigenvalue weighted by Crippen LogP contribution is -2.00. The molecular weight excluding hydrogens is 348 g/mol. The van der Waals surface area contributed by atoms with Gasteiger partial charge >= 0.3 is 0 Å². The molecule has 0 aliphatic rings. The summed E-state index contributed by atoms with van der Waals surface area (Å²) in [6, 6.07) is 9.98. The van der Waals surface area contributed by atoms with Crippen molar-refractivity contribution in [2.75, 3.05) is 6.26 Å². The van der Waals surface area contributed by atoms with Gasteiger partial charge in [0.1, 0.15) is 11.6 Å². The van der Waals surface area contributed by atoms with Crippen LogP contribution >= 0.6 is 0 Å². The van der Waals surface area contributed by atoms with Gasteiger partial charge in [-0.2, -0.15) is 4.98 Å². The Bertz CT molecular complexity index is 1020. The Labute approximate surface area is 143 Å². The van der Waals surface area contributed by atoms with Gasteiger partial charge in [-0.3, -0.25) is 0 Å². The van der Waals surface area contributed by atoms with Crippen LogP contribution in [0, 0.1) is 18.6 Å². The average molecular weight is 363 g/mol. The van der Waals surface area contributed by atoms with Crippen molar-refractivity contribution >= 4 is 9.73 Å². The third-order valence-electron chi connectivity index (χ3n) is 3.57. The van der Waals surface area contributed by atoms with E-state index in [0.717, 1.165) is 17.7 Å². The molecule has 0 fully saturated rings. The van der Waals surface area contributed by atoms with Gasteiger partial charge < -0.3 is 4.52 Å². The quantitative estimate of drug-likeness (QED) is 0.703. The van der Waals surface area contributed by atoms with Crippen LogP contribution in [0.15, 0.2) is 56.2 Å². The van der Waals surface area contributed by atoms with Crippen LogP contribution in [0.3, 0.4) is 0 Å². The number of nitrogens with zero attached hydrogens (tertiary/aromatic N) is 3. The molecule has 0 N–H and O–H groups in total. The lowest BCUT2D eigenvalue weighted by atomic mass is 10.2. The van der Waals surface area contributed by atoms with Crippen LogP contribution in [-0.4, -0.2) is 20.6 Å². The Morgan fingerprint density at radius 2 is 1.88 bits per heavy atom. The normalized spacial score (nSPS) is 13.4. The van der Waals surface area contributed by atoms with Gasteiger partial charge in [0, 0.05) is 35.3 Å². The molecule has 0 saturated heterocycles. The number of aromatic nitrogens is 2. The Morgan fingerprint density at radius 1 is 1.16 bits per heavy atom. The highest BCUT2D eigenvalue weighted by molar-refractivity contribution is 7.93. The van der Waals surface area contributed by atoms with E-state index < -0.39 is 21.4 Å². The van der Waals surface area contributed by atoms with Gasteiger partial charge in [-0.25, -0.2) is 17.4 Å². The van der Waals surface area contributed by atoms with Gasteiger partial charge in [0.2, 0.25) is 11.7 Å². The second-order valence-electron chi connectivity index (χ2n) is 5.49. The molecule has 5 nitrogen and oxygen atoms in total. The Hall–Kier alpha value is -2.61. The SMILES string of the molecule is Cc1nc(-c2ccc(S(C)(=O)=NCc3ccc(F)cc3F)cc2)no1. The van der Waals surface area contributed by atoms with Crippen LogP contribution in [0.5, 0.6) is 0 Å². The second-order valence-corrected chi connectivity index (χ2v) is 7.82. The first-order valence-electron chi connectivity index (χ1n) is 7.38. The average Bonchev–Trinajstić information content (AvgIpc) is 3.01. The smallest absolute Gasteiger partial charge is 0.223 e. The molecule has 0 saturated carbocycles. The van der Waals surface area contributed by atoms with Crippen molar-refractivity contribution in [3.05, 3.63) is 65.6 Å². The zero-order valence-corrected chi connectivity index (χ0v) is 14.4. The largest absolute Gasteiger partial charge is 0.339 e. The van der Waals surface area contributed by atoms with E-state index >= 15 is 0 Å². The van der Waals surface area contributed by atoms with Gasteiger partial charge in [0.15, 0.2) is 0 Å². The minimum atomic E-state index is -2.73. The minimum absolute atomic E-state index is 0.104. The van der Waals surface area contributed by atoms with Crippen molar-refractivity contribution in [1.29, 1.82) is 0 Å². The molecule has 3 rings (SSSR count). The number of hydrogen-bond acceptors (Lipinski definition) is 5. The summed E-state index contributed by atoms with van der Waals surface area (Å²) in [5.74, 6) is -0.473. The van der Waals surface area contributed by atoms with E-state index in [0.29, 0.717) is 16.6 Å². The fourth-order valence-corrected chi connectivity index (χ4v) is 3.37. The molecule has 3 aromatic rings. The Balaban J connectivity index is 1.85. The maximum Gasteiger partial charge on any atom is 0.223 e. The van der Waals surface area contributed by atoms with E-state index in [1.807, 2.05) is 0 Å². The predicted octanol–water partition coefficient (Wildman–Crippen LogP) is 3.98. The third kappa shape index (κ3) is 3.90. The van der Waals surface area contributed by atoms with E-state index in [1.54, 1.807) is 31.2 Å². The van der Waals surface area contributed by atoms with Gasteiger partial charge in [-0.15, -0.1) is 0 Å². The van der Waals surface area contributed by atoms with Crippen LogP contribution in [0.2, 0.25) is 0 Å². The van der Waals surface area contributed by atoms with Crippen molar-refractivity contribution < 1.29 is 17.5 Å². The Morgan fingerprint density at radius 3 is 2.48 bits per heavy atom. The fraction of sp³-hybridized carbons (Fsp3) is 0.176. The van der Waals surface area contributed by atoms with E-state index in [-0.39, 0.29) is 12.1 Å². The molecule has 0 aliphatic heterocycles. The van der Waals surface area contributed by atoms with Crippen LogP contribution in [-0.2, 0) is 16.3 Å². The first-order chi connectivity index (χ1) is 11.8. The van der Waals surface area contributed by atoms with Gasteiger partial charge in [0.25, 0.3) is 0 Å². The number of halogens is 2. The van der Waals surface area contributed by atoms with Crippen LogP contribution in [0.1, 0.15) is 11.5 Å². The summed E-state index contributed by atoms with van der Waals surface area (Å²) in [6.45, 7) is 1.59. The topological polar surface area (TPSA) is 68.3 Å². The molecular formula is C17H15F2N3O2S. The van der Waals surface area contributed by atoms with Crippen molar-refractivity contribution in [3.8, 4) is 11.4 Å². The van der Waals surface area contributed by atoms with E-state index in [2.05, 4.69) is 14.5 Å². The first-order valence-corrected chi connectivity index (χ1v) is 9.30. The molecule has 2 aromatic carbocycles. The molecule has 0 radical (unpaired) electrons. The van der Waals surface area contributed by atoms with Gasteiger partial charge in [-0.1, -0.05) is 11.2 Å². The molecule has 0 aliphatic carbocycles. The van der Waals surface area contributed by atoms with Crippen molar-refractivity contribution in [2.24, 2.45) is 4.36 Å². The van der Waals surface area contributed by atoms with Crippen LogP contribution in [0.25, 0.3) is 11.4 Å². The number of benzene rings is 2. The minimum Gasteiger partial charge on any atom is -0.339 e.